The van der Waals surface area contributed by atoms with Gasteiger partial charge in [-0.2, -0.15) is 16.7 Å². The largest absolute Gasteiger partial charge is 0.339 e. The Morgan fingerprint density at radius 2 is 2.28 bits per heavy atom. The van der Waals surface area contributed by atoms with E-state index in [1.54, 1.807) is 11.8 Å². The Morgan fingerprint density at radius 1 is 1.44 bits per heavy atom. The molecule has 3 rings (SSSR count). The highest BCUT2D eigenvalue weighted by atomic mass is 32.2. The lowest BCUT2D eigenvalue weighted by Gasteiger charge is -2.30. The van der Waals surface area contributed by atoms with E-state index >= 15 is 0 Å². The second kappa shape index (κ2) is 4.91. The number of likely N-dealkylation sites (tertiary alicyclic amines) is 1. The molecule has 2 heterocycles. The van der Waals surface area contributed by atoms with Gasteiger partial charge in [0.2, 0.25) is 11.8 Å². The lowest BCUT2D eigenvalue weighted by molar-refractivity contribution is -0.134. The molecule has 0 radical (unpaired) electrons. The summed E-state index contributed by atoms with van der Waals surface area (Å²) in [6, 6.07) is 0.480. The van der Waals surface area contributed by atoms with Crippen LogP contribution in [0.5, 0.6) is 0 Å². The second-order valence-electron chi connectivity index (χ2n) is 4.99. The monoisotopic (exact) mass is 267 g/mol. The highest BCUT2D eigenvalue weighted by Crippen LogP contribution is 2.34. The van der Waals surface area contributed by atoms with E-state index in [1.807, 2.05) is 11.2 Å². The SMILES string of the molecule is CSCc1noc(C2CCC(=O)N(C3CC3)C2)n1. The van der Waals surface area contributed by atoms with Crippen LogP contribution in [0, 0.1) is 0 Å². The molecule has 1 aromatic rings. The Labute approximate surface area is 110 Å². The van der Waals surface area contributed by atoms with Gasteiger partial charge in [0.1, 0.15) is 0 Å². The zero-order chi connectivity index (χ0) is 12.5. The van der Waals surface area contributed by atoms with E-state index in [-0.39, 0.29) is 11.8 Å². The van der Waals surface area contributed by atoms with Gasteiger partial charge in [-0.05, 0) is 25.5 Å². The van der Waals surface area contributed by atoms with Gasteiger partial charge in [-0.3, -0.25) is 4.79 Å². The number of rotatable bonds is 4. The number of carbonyl (C=O) groups is 1. The van der Waals surface area contributed by atoms with E-state index < -0.39 is 0 Å². The summed E-state index contributed by atoms with van der Waals surface area (Å²) in [5.74, 6) is 2.76. The predicted molar refractivity (Wildman–Crippen MR) is 68.2 cm³/mol. The van der Waals surface area contributed by atoms with Crippen LogP contribution in [0.4, 0.5) is 0 Å². The van der Waals surface area contributed by atoms with Crippen LogP contribution < -0.4 is 0 Å². The van der Waals surface area contributed by atoms with Crippen LogP contribution in [-0.4, -0.2) is 39.8 Å². The summed E-state index contributed by atoms with van der Waals surface area (Å²) in [5.41, 5.74) is 0. The van der Waals surface area contributed by atoms with Crippen LogP contribution in [0.15, 0.2) is 4.52 Å². The number of thioether (sulfide) groups is 1. The van der Waals surface area contributed by atoms with Gasteiger partial charge < -0.3 is 9.42 Å². The van der Waals surface area contributed by atoms with Crippen molar-refractivity contribution < 1.29 is 9.32 Å². The molecular formula is C12H17N3O2S. The lowest BCUT2D eigenvalue weighted by Crippen LogP contribution is -2.40. The number of carbonyl (C=O) groups excluding carboxylic acids is 1. The fraction of sp³-hybridized carbons (Fsp3) is 0.750. The van der Waals surface area contributed by atoms with Crippen LogP contribution >= 0.6 is 11.8 Å². The van der Waals surface area contributed by atoms with Crippen molar-refractivity contribution >= 4 is 17.7 Å². The molecule has 1 atom stereocenters. The topological polar surface area (TPSA) is 59.2 Å². The maximum absolute atomic E-state index is 11.8. The van der Waals surface area contributed by atoms with Crippen LogP contribution in [0.2, 0.25) is 0 Å². The first-order chi connectivity index (χ1) is 8.78. The Morgan fingerprint density at radius 3 is 3.00 bits per heavy atom. The van der Waals surface area contributed by atoms with Crippen molar-refractivity contribution in [1.29, 1.82) is 0 Å². The van der Waals surface area contributed by atoms with Crippen molar-refractivity contribution in [3.8, 4) is 0 Å². The normalized spacial score (nSPS) is 24.6. The summed E-state index contributed by atoms with van der Waals surface area (Å²) in [6.07, 6.45) is 5.77. The summed E-state index contributed by atoms with van der Waals surface area (Å²) in [5, 5.41) is 3.98. The molecule has 0 bridgehead atoms. The van der Waals surface area contributed by atoms with Gasteiger partial charge >= 0.3 is 0 Å². The van der Waals surface area contributed by atoms with Crippen molar-refractivity contribution in [2.45, 2.75) is 43.4 Å². The maximum atomic E-state index is 11.8. The van der Waals surface area contributed by atoms with Gasteiger partial charge in [0.15, 0.2) is 5.82 Å². The molecule has 1 aliphatic carbocycles. The van der Waals surface area contributed by atoms with Crippen molar-refractivity contribution in [3.63, 3.8) is 0 Å². The molecule has 1 aromatic heterocycles. The minimum absolute atomic E-state index is 0.228. The molecule has 18 heavy (non-hydrogen) atoms. The van der Waals surface area contributed by atoms with Gasteiger partial charge in [0.05, 0.1) is 11.7 Å². The molecule has 98 valence electrons. The van der Waals surface area contributed by atoms with Gasteiger partial charge in [0.25, 0.3) is 0 Å². The highest BCUT2D eigenvalue weighted by molar-refractivity contribution is 7.97. The van der Waals surface area contributed by atoms with E-state index in [9.17, 15) is 4.79 Å². The summed E-state index contributed by atoms with van der Waals surface area (Å²) >= 11 is 1.68. The quantitative estimate of drug-likeness (QED) is 0.832. The molecular weight excluding hydrogens is 250 g/mol. The fourth-order valence-electron chi connectivity index (χ4n) is 2.43. The van der Waals surface area contributed by atoms with Crippen molar-refractivity contribution in [1.82, 2.24) is 15.0 Å². The van der Waals surface area contributed by atoms with E-state index in [1.165, 1.54) is 0 Å². The molecule has 6 heteroatoms. The number of hydrogen-bond acceptors (Lipinski definition) is 5. The molecule has 0 aromatic carbocycles. The highest BCUT2D eigenvalue weighted by Gasteiger charge is 2.38. The number of piperidine rings is 1. The number of nitrogens with zero attached hydrogens (tertiary/aromatic N) is 3. The minimum atomic E-state index is 0.228. The molecule has 1 saturated carbocycles. The Hall–Kier alpha value is -1.04. The predicted octanol–water partition coefficient (Wildman–Crippen LogP) is 1.80. The van der Waals surface area contributed by atoms with Crippen LogP contribution in [-0.2, 0) is 10.5 Å². The van der Waals surface area contributed by atoms with Crippen molar-refractivity contribution in [3.05, 3.63) is 11.7 Å². The zero-order valence-electron chi connectivity index (χ0n) is 10.5. The van der Waals surface area contributed by atoms with Crippen molar-refractivity contribution in [2.75, 3.05) is 12.8 Å². The number of hydrogen-bond donors (Lipinski definition) is 0. The minimum Gasteiger partial charge on any atom is -0.339 e. The van der Waals surface area contributed by atoms with E-state index in [4.69, 9.17) is 4.52 Å². The van der Waals surface area contributed by atoms with E-state index in [0.29, 0.717) is 18.4 Å². The molecule has 0 spiro atoms. The third kappa shape index (κ3) is 2.39. The van der Waals surface area contributed by atoms with Crippen LogP contribution in [0.1, 0.15) is 43.3 Å². The van der Waals surface area contributed by atoms with Gasteiger partial charge in [-0.25, -0.2) is 0 Å². The second-order valence-corrected chi connectivity index (χ2v) is 5.86. The summed E-state index contributed by atoms with van der Waals surface area (Å²) in [7, 11) is 0. The first-order valence-corrected chi connectivity index (χ1v) is 7.78. The summed E-state index contributed by atoms with van der Waals surface area (Å²) in [6.45, 7) is 0.754. The molecule has 1 saturated heterocycles. The Kier molecular flexibility index (Phi) is 3.28. The molecule has 2 aliphatic rings. The van der Waals surface area contributed by atoms with Gasteiger partial charge in [-0.1, -0.05) is 5.16 Å². The Balaban J connectivity index is 1.69. The van der Waals surface area contributed by atoms with Crippen LogP contribution in [0.3, 0.4) is 0 Å². The van der Waals surface area contributed by atoms with E-state index in [0.717, 1.165) is 37.4 Å². The molecule has 5 nitrogen and oxygen atoms in total. The smallest absolute Gasteiger partial charge is 0.231 e. The standard InChI is InChI=1S/C12H17N3O2S/c1-18-7-10-13-12(17-14-10)8-2-5-11(16)15(6-8)9-3-4-9/h8-9H,2-7H2,1H3. The van der Waals surface area contributed by atoms with Crippen molar-refractivity contribution in [2.24, 2.45) is 0 Å². The van der Waals surface area contributed by atoms with Gasteiger partial charge in [0, 0.05) is 19.0 Å². The molecule has 2 fully saturated rings. The molecule has 1 unspecified atom stereocenters. The first kappa shape index (κ1) is 12.0. The third-order valence-electron chi connectivity index (χ3n) is 3.54. The summed E-state index contributed by atoms with van der Waals surface area (Å²) in [4.78, 5) is 18.2. The number of aromatic nitrogens is 2. The zero-order valence-corrected chi connectivity index (χ0v) is 11.3. The maximum Gasteiger partial charge on any atom is 0.231 e. The number of amides is 1. The lowest BCUT2D eigenvalue weighted by atomic mass is 9.97. The fourth-order valence-corrected chi connectivity index (χ4v) is 2.81. The van der Waals surface area contributed by atoms with E-state index in [2.05, 4.69) is 10.1 Å². The third-order valence-corrected chi connectivity index (χ3v) is 4.09. The first-order valence-electron chi connectivity index (χ1n) is 6.39. The average Bonchev–Trinajstić information content (AvgIpc) is 3.11. The Bertz CT molecular complexity index is 444. The average molecular weight is 267 g/mol. The van der Waals surface area contributed by atoms with Gasteiger partial charge in [-0.15, -0.1) is 0 Å². The molecule has 0 N–H and O–H groups in total. The summed E-state index contributed by atoms with van der Waals surface area (Å²) < 4.78 is 5.33. The molecule has 1 amide bonds. The van der Waals surface area contributed by atoms with Crippen LogP contribution in [0.25, 0.3) is 0 Å². The molecule has 1 aliphatic heterocycles.